The number of carbonyl (C=O) groups excluding carboxylic acids is 1. The normalized spacial score (nSPS) is 23.7. The number of likely N-dealkylation sites (tertiary alicyclic amines) is 1. The van der Waals surface area contributed by atoms with Gasteiger partial charge in [-0.3, -0.25) is 4.79 Å². The van der Waals surface area contributed by atoms with Gasteiger partial charge in [-0.05, 0) is 74.9 Å². The summed E-state index contributed by atoms with van der Waals surface area (Å²) in [5, 5.41) is 14.0. The van der Waals surface area contributed by atoms with E-state index < -0.39 is 11.2 Å². The number of nitrogens with zero attached hydrogens (tertiary/aromatic N) is 1. The molecule has 7 heteroatoms. The van der Waals surface area contributed by atoms with Gasteiger partial charge < -0.3 is 18.8 Å². The largest absolute Gasteiger partial charge is 0.461 e. The monoisotopic (exact) mass is 533 g/mol. The molecule has 6 rings (SSSR count). The highest BCUT2D eigenvalue weighted by atomic mass is 35.5. The molecule has 1 saturated carbocycles. The van der Waals surface area contributed by atoms with E-state index in [1.54, 1.807) is 6.07 Å². The predicted molar refractivity (Wildman–Crippen MR) is 148 cm³/mol. The smallest absolute Gasteiger partial charge is 0.340 e. The molecular formula is C31H32ClNO5. The molecule has 4 aromatic rings. The highest BCUT2D eigenvalue weighted by molar-refractivity contribution is 6.30. The second kappa shape index (κ2) is 9.28. The van der Waals surface area contributed by atoms with Crippen LogP contribution in [0.5, 0.6) is 0 Å². The SMILES string of the molecule is Cc1oc2cc3oc(=O)c(CC(=O)N4CC[C@]5(O)CCCC[C@@H]5[C@H]4c4ccc(Cl)cc4)c(C)c3cc2c1C. The van der Waals surface area contributed by atoms with Crippen LogP contribution in [0, 0.1) is 26.7 Å². The molecule has 0 spiro atoms. The van der Waals surface area contributed by atoms with E-state index >= 15 is 0 Å². The van der Waals surface area contributed by atoms with E-state index in [9.17, 15) is 14.7 Å². The quantitative estimate of drug-likeness (QED) is 0.302. The molecule has 0 unspecified atom stereocenters. The lowest BCUT2D eigenvalue weighted by atomic mass is 9.66. The molecule has 1 amide bonds. The van der Waals surface area contributed by atoms with Crippen molar-refractivity contribution < 1.29 is 18.7 Å². The van der Waals surface area contributed by atoms with Gasteiger partial charge in [0.25, 0.3) is 0 Å². The molecule has 2 aromatic heterocycles. The lowest BCUT2D eigenvalue weighted by Crippen LogP contribution is -2.56. The molecule has 1 N–H and O–H groups in total. The summed E-state index contributed by atoms with van der Waals surface area (Å²) in [6.07, 6.45) is 4.10. The lowest BCUT2D eigenvalue weighted by molar-refractivity contribution is -0.154. The molecule has 3 heterocycles. The molecular weight excluding hydrogens is 502 g/mol. The summed E-state index contributed by atoms with van der Waals surface area (Å²) in [6.45, 7) is 6.23. The van der Waals surface area contributed by atoms with Crippen LogP contribution in [0.1, 0.15) is 66.2 Å². The van der Waals surface area contributed by atoms with Gasteiger partial charge in [0.05, 0.1) is 23.6 Å². The fourth-order valence-electron chi connectivity index (χ4n) is 6.72. The molecule has 6 nitrogen and oxygen atoms in total. The summed E-state index contributed by atoms with van der Waals surface area (Å²) in [7, 11) is 0. The number of furan rings is 1. The number of carbonyl (C=O) groups is 1. The first-order valence-corrected chi connectivity index (χ1v) is 13.8. The Labute approximate surface area is 226 Å². The third kappa shape index (κ3) is 4.05. The highest BCUT2D eigenvalue weighted by Crippen LogP contribution is 2.49. The van der Waals surface area contributed by atoms with E-state index in [0.717, 1.165) is 58.9 Å². The average Bonchev–Trinajstić information content (AvgIpc) is 3.17. The first-order valence-electron chi connectivity index (χ1n) is 13.4. The van der Waals surface area contributed by atoms with E-state index in [1.807, 2.05) is 56.0 Å². The number of aliphatic hydroxyl groups is 1. The van der Waals surface area contributed by atoms with Gasteiger partial charge in [0.1, 0.15) is 16.9 Å². The summed E-state index contributed by atoms with van der Waals surface area (Å²) >= 11 is 6.17. The number of hydrogen-bond donors (Lipinski definition) is 1. The molecule has 1 aliphatic carbocycles. The van der Waals surface area contributed by atoms with Gasteiger partial charge >= 0.3 is 5.63 Å². The average molecular weight is 534 g/mol. The van der Waals surface area contributed by atoms with Crippen molar-refractivity contribution in [3.05, 3.63) is 79.9 Å². The number of benzene rings is 2. The Morgan fingerprint density at radius 3 is 2.50 bits per heavy atom. The highest BCUT2D eigenvalue weighted by Gasteiger charge is 2.50. The summed E-state index contributed by atoms with van der Waals surface area (Å²) < 4.78 is 11.5. The Morgan fingerprint density at radius 1 is 1.03 bits per heavy atom. The maximum Gasteiger partial charge on any atom is 0.340 e. The Hall–Kier alpha value is -3.09. The second-order valence-corrected chi connectivity index (χ2v) is 11.5. The molecule has 3 atom stereocenters. The Kier molecular flexibility index (Phi) is 6.15. The zero-order chi connectivity index (χ0) is 26.8. The molecule has 198 valence electrons. The van der Waals surface area contributed by atoms with E-state index in [2.05, 4.69) is 0 Å². The fraction of sp³-hybridized carbons (Fsp3) is 0.419. The fourth-order valence-corrected chi connectivity index (χ4v) is 6.84. The van der Waals surface area contributed by atoms with Crippen LogP contribution in [0.3, 0.4) is 0 Å². The van der Waals surface area contributed by atoms with Crippen LogP contribution in [0.4, 0.5) is 0 Å². The standard InChI is InChI=1S/C31H32ClNO5/c1-17-19(3)37-26-16-27-23(14-22(17)26)18(2)24(30(35)38-27)15-28(34)33-13-12-31(36)11-5-4-6-25(31)29(33)20-7-9-21(32)10-8-20/h7-10,14,16,25,29,36H,4-6,11-13,15H2,1-3H3/t25-,29-,31-/m1/s1. The lowest BCUT2D eigenvalue weighted by Gasteiger charge is -2.52. The number of rotatable bonds is 3. The van der Waals surface area contributed by atoms with E-state index in [4.69, 9.17) is 20.4 Å². The molecule has 1 saturated heterocycles. The molecule has 2 aliphatic rings. The van der Waals surface area contributed by atoms with Gasteiger partial charge in [0.15, 0.2) is 0 Å². The molecule has 38 heavy (non-hydrogen) atoms. The summed E-state index contributed by atoms with van der Waals surface area (Å²) in [5.41, 5.74) is 2.97. The van der Waals surface area contributed by atoms with Crippen LogP contribution < -0.4 is 5.63 Å². The van der Waals surface area contributed by atoms with Crippen molar-refractivity contribution in [3.63, 3.8) is 0 Å². The number of piperidine rings is 1. The van der Waals surface area contributed by atoms with Crippen LogP contribution in [0.25, 0.3) is 21.9 Å². The zero-order valence-electron chi connectivity index (χ0n) is 22.0. The van der Waals surface area contributed by atoms with Gasteiger partial charge in [-0.1, -0.05) is 36.6 Å². The van der Waals surface area contributed by atoms with Gasteiger partial charge in [-0.15, -0.1) is 0 Å². The number of hydrogen-bond acceptors (Lipinski definition) is 5. The maximum atomic E-state index is 13.9. The van der Waals surface area contributed by atoms with Crippen molar-refractivity contribution >= 4 is 39.4 Å². The third-order valence-corrected chi connectivity index (χ3v) is 9.26. The van der Waals surface area contributed by atoms with Crippen LogP contribution in [-0.2, 0) is 11.2 Å². The molecule has 2 fully saturated rings. The van der Waals surface area contributed by atoms with Crippen molar-refractivity contribution in [3.8, 4) is 0 Å². The summed E-state index contributed by atoms with van der Waals surface area (Å²) in [5.74, 6) is 0.625. The minimum Gasteiger partial charge on any atom is -0.461 e. The van der Waals surface area contributed by atoms with E-state index in [0.29, 0.717) is 34.7 Å². The van der Waals surface area contributed by atoms with Crippen LogP contribution in [0.15, 0.2) is 50.0 Å². The zero-order valence-corrected chi connectivity index (χ0v) is 22.7. The number of fused-ring (bicyclic) bond motifs is 3. The van der Waals surface area contributed by atoms with Crippen molar-refractivity contribution in [1.82, 2.24) is 4.90 Å². The second-order valence-electron chi connectivity index (χ2n) is 11.1. The minimum atomic E-state index is -0.789. The Bertz CT molecular complexity index is 1620. The van der Waals surface area contributed by atoms with Crippen LogP contribution in [0.2, 0.25) is 5.02 Å². The van der Waals surface area contributed by atoms with Crippen LogP contribution in [-0.4, -0.2) is 28.1 Å². The van der Waals surface area contributed by atoms with E-state index in [1.165, 1.54) is 0 Å². The first-order chi connectivity index (χ1) is 18.2. The topological polar surface area (TPSA) is 83.9 Å². The molecule has 1 aliphatic heterocycles. The van der Waals surface area contributed by atoms with Crippen molar-refractivity contribution in [2.75, 3.05) is 6.54 Å². The van der Waals surface area contributed by atoms with Crippen molar-refractivity contribution in [2.45, 2.75) is 70.9 Å². The molecule has 0 bridgehead atoms. The molecule has 0 radical (unpaired) electrons. The van der Waals surface area contributed by atoms with Gasteiger partial charge in [-0.2, -0.15) is 0 Å². The third-order valence-electron chi connectivity index (χ3n) is 9.01. The Balaban J connectivity index is 1.39. The Morgan fingerprint density at radius 2 is 1.74 bits per heavy atom. The number of aryl methyl sites for hydroxylation is 3. The summed E-state index contributed by atoms with van der Waals surface area (Å²) in [4.78, 5) is 28.9. The van der Waals surface area contributed by atoms with Gasteiger partial charge in [0.2, 0.25) is 5.91 Å². The van der Waals surface area contributed by atoms with Crippen molar-refractivity contribution in [2.24, 2.45) is 5.92 Å². The minimum absolute atomic E-state index is 0.0548. The molecule has 2 aromatic carbocycles. The van der Waals surface area contributed by atoms with Gasteiger partial charge in [-0.25, -0.2) is 4.79 Å². The van der Waals surface area contributed by atoms with Gasteiger partial charge in [0, 0.05) is 34.3 Å². The van der Waals surface area contributed by atoms with Crippen LogP contribution >= 0.6 is 11.6 Å². The maximum absolute atomic E-state index is 13.9. The van der Waals surface area contributed by atoms with Crippen molar-refractivity contribution in [1.29, 1.82) is 0 Å². The van der Waals surface area contributed by atoms with E-state index in [-0.39, 0.29) is 24.3 Å². The number of amides is 1. The number of halogens is 1. The first kappa shape index (κ1) is 25.2. The summed E-state index contributed by atoms with van der Waals surface area (Å²) in [6, 6.07) is 11.0. The predicted octanol–water partition coefficient (Wildman–Crippen LogP) is 6.56.